The highest BCUT2D eigenvalue weighted by atomic mass is 127. The van der Waals surface area contributed by atoms with Crippen LogP contribution in [0, 0.1) is 3.57 Å². The van der Waals surface area contributed by atoms with Gasteiger partial charge in [0.2, 0.25) is 10.0 Å². The first-order chi connectivity index (χ1) is 15.1. The summed E-state index contributed by atoms with van der Waals surface area (Å²) < 4.78 is 25.9. The fourth-order valence-corrected chi connectivity index (χ4v) is 4.63. The van der Waals surface area contributed by atoms with Crippen LogP contribution in [0.4, 0.5) is 17.1 Å². The summed E-state index contributed by atoms with van der Waals surface area (Å²) in [5.41, 5.74) is 4.68. The minimum atomic E-state index is -3.36. The molecule has 9 heteroatoms. The van der Waals surface area contributed by atoms with E-state index < -0.39 is 10.0 Å². The third-order valence-electron chi connectivity index (χ3n) is 5.09. The van der Waals surface area contributed by atoms with Gasteiger partial charge >= 0.3 is 0 Å². The van der Waals surface area contributed by atoms with Crippen LogP contribution in [-0.2, 0) is 14.8 Å². The van der Waals surface area contributed by atoms with Crippen LogP contribution in [0.5, 0.6) is 0 Å². The summed E-state index contributed by atoms with van der Waals surface area (Å²) in [6, 6.07) is 20.1. The van der Waals surface area contributed by atoms with Crippen molar-refractivity contribution in [3.63, 3.8) is 0 Å². The molecule has 0 saturated carbocycles. The molecule has 164 valence electrons. The van der Waals surface area contributed by atoms with Gasteiger partial charge in [-0.25, -0.2) is 8.42 Å². The first-order valence-electron chi connectivity index (χ1n) is 9.56. The third kappa shape index (κ3) is 4.62. The maximum Gasteiger partial charge on any atom is 0.258 e. The van der Waals surface area contributed by atoms with Crippen LogP contribution in [0.25, 0.3) is 11.3 Å². The highest BCUT2D eigenvalue weighted by Gasteiger charge is 2.28. The van der Waals surface area contributed by atoms with E-state index in [2.05, 4.69) is 33.2 Å². The molecule has 32 heavy (non-hydrogen) atoms. The molecule has 0 saturated heterocycles. The molecule has 6 nitrogen and oxygen atoms in total. The van der Waals surface area contributed by atoms with Gasteiger partial charge in [-0.3, -0.25) is 9.10 Å². The highest BCUT2D eigenvalue weighted by Crippen LogP contribution is 2.39. The average Bonchev–Trinajstić information content (AvgIpc) is 3.06. The SMILES string of the molecule is CN(c1ccc(NC(=C2C(=O)Nc3cc(Cl)ccc32)c2cccc(I)c2)cc1)S(C)(=O)=O. The first kappa shape index (κ1) is 22.6. The summed E-state index contributed by atoms with van der Waals surface area (Å²) in [4.78, 5) is 13.0. The summed E-state index contributed by atoms with van der Waals surface area (Å²) in [5.74, 6) is -0.225. The van der Waals surface area contributed by atoms with Crippen LogP contribution in [0.15, 0.2) is 66.7 Å². The number of hydrogen-bond donors (Lipinski definition) is 2. The number of anilines is 3. The molecule has 1 amide bonds. The zero-order chi connectivity index (χ0) is 23.0. The third-order valence-corrected chi connectivity index (χ3v) is 7.20. The smallest absolute Gasteiger partial charge is 0.258 e. The molecule has 3 aromatic rings. The van der Waals surface area contributed by atoms with Crippen molar-refractivity contribution in [1.29, 1.82) is 0 Å². The summed E-state index contributed by atoms with van der Waals surface area (Å²) in [6.45, 7) is 0. The Kier molecular flexibility index (Phi) is 6.19. The van der Waals surface area contributed by atoms with Crippen LogP contribution in [0.1, 0.15) is 11.1 Å². The van der Waals surface area contributed by atoms with E-state index in [-0.39, 0.29) is 5.91 Å². The van der Waals surface area contributed by atoms with Crippen molar-refractivity contribution in [1.82, 2.24) is 0 Å². The van der Waals surface area contributed by atoms with Crippen molar-refractivity contribution in [2.24, 2.45) is 0 Å². The minimum absolute atomic E-state index is 0.225. The first-order valence-corrected chi connectivity index (χ1v) is 12.9. The number of amides is 1. The molecule has 0 spiro atoms. The van der Waals surface area contributed by atoms with E-state index in [0.717, 1.165) is 21.0 Å². The number of sulfonamides is 1. The Balaban J connectivity index is 1.81. The maximum atomic E-state index is 13.0. The molecule has 1 heterocycles. The lowest BCUT2D eigenvalue weighted by Gasteiger charge is -2.18. The van der Waals surface area contributed by atoms with Gasteiger partial charge in [-0.2, -0.15) is 0 Å². The van der Waals surface area contributed by atoms with E-state index in [0.29, 0.717) is 33.4 Å². The van der Waals surface area contributed by atoms with Gasteiger partial charge in [-0.15, -0.1) is 0 Å². The second-order valence-electron chi connectivity index (χ2n) is 7.31. The van der Waals surface area contributed by atoms with Crippen molar-refractivity contribution in [2.45, 2.75) is 0 Å². The zero-order valence-electron chi connectivity index (χ0n) is 17.2. The van der Waals surface area contributed by atoms with Crippen LogP contribution < -0.4 is 14.9 Å². The summed E-state index contributed by atoms with van der Waals surface area (Å²) >= 11 is 8.34. The molecule has 4 rings (SSSR count). The quantitative estimate of drug-likeness (QED) is 0.319. The Labute approximate surface area is 205 Å². The fourth-order valence-electron chi connectivity index (χ4n) is 3.41. The Bertz CT molecular complexity index is 1360. The van der Waals surface area contributed by atoms with E-state index in [1.165, 1.54) is 11.4 Å². The van der Waals surface area contributed by atoms with Crippen molar-refractivity contribution in [2.75, 3.05) is 28.2 Å². The standard InChI is InChI=1S/C23H19ClIN3O3S/c1-28(32(2,30)31)18-9-7-17(8-10-18)26-22(14-4-3-5-16(25)12-14)21-19-11-6-15(24)13-20(19)27-23(21)29/h3-13,26H,1-2H3,(H,27,29). The molecule has 0 aliphatic carbocycles. The van der Waals surface area contributed by atoms with Gasteiger partial charge < -0.3 is 10.6 Å². The maximum absolute atomic E-state index is 13.0. The fraction of sp³-hybridized carbons (Fsp3) is 0.0870. The molecule has 3 aromatic carbocycles. The normalized spacial score (nSPS) is 14.6. The van der Waals surface area contributed by atoms with E-state index in [4.69, 9.17) is 11.6 Å². The Morgan fingerprint density at radius 3 is 2.44 bits per heavy atom. The molecule has 0 atom stereocenters. The van der Waals surface area contributed by atoms with Gasteiger partial charge in [0.25, 0.3) is 5.91 Å². The van der Waals surface area contributed by atoms with Crippen molar-refractivity contribution < 1.29 is 13.2 Å². The zero-order valence-corrected chi connectivity index (χ0v) is 20.9. The predicted octanol–water partition coefficient (Wildman–Crippen LogP) is 5.27. The molecule has 2 N–H and O–H groups in total. The van der Waals surface area contributed by atoms with Gasteiger partial charge in [-0.05, 0) is 76.7 Å². The number of carbonyl (C=O) groups is 1. The molecule has 0 bridgehead atoms. The van der Waals surface area contributed by atoms with Crippen LogP contribution in [0.2, 0.25) is 5.02 Å². The number of rotatable bonds is 5. The van der Waals surface area contributed by atoms with E-state index in [9.17, 15) is 13.2 Å². The predicted molar refractivity (Wildman–Crippen MR) is 139 cm³/mol. The lowest BCUT2D eigenvalue weighted by molar-refractivity contribution is -0.110. The van der Waals surface area contributed by atoms with Crippen molar-refractivity contribution in [3.05, 3.63) is 86.4 Å². The lowest BCUT2D eigenvalue weighted by Crippen LogP contribution is -2.24. The van der Waals surface area contributed by atoms with E-state index >= 15 is 0 Å². The van der Waals surface area contributed by atoms with Gasteiger partial charge in [0.1, 0.15) is 0 Å². The Hall–Kier alpha value is -2.56. The summed E-state index contributed by atoms with van der Waals surface area (Å²) in [6.07, 6.45) is 1.15. The highest BCUT2D eigenvalue weighted by molar-refractivity contribution is 14.1. The Morgan fingerprint density at radius 1 is 1.06 bits per heavy atom. The number of hydrogen-bond acceptors (Lipinski definition) is 4. The topological polar surface area (TPSA) is 78.5 Å². The number of fused-ring (bicyclic) bond motifs is 1. The molecular formula is C23H19ClIN3O3S. The van der Waals surface area contributed by atoms with Gasteiger partial charge in [0.05, 0.1) is 28.9 Å². The molecule has 1 aliphatic heterocycles. The van der Waals surface area contributed by atoms with Crippen LogP contribution in [0.3, 0.4) is 0 Å². The minimum Gasteiger partial charge on any atom is -0.354 e. The number of nitrogens with one attached hydrogen (secondary N) is 2. The van der Waals surface area contributed by atoms with Crippen LogP contribution in [-0.4, -0.2) is 27.6 Å². The van der Waals surface area contributed by atoms with Gasteiger partial charge in [-0.1, -0.05) is 29.8 Å². The molecule has 0 fully saturated rings. The van der Waals surface area contributed by atoms with Gasteiger partial charge in [0.15, 0.2) is 0 Å². The number of nitrogens with zero attached hydrogens (tertiary/aromatic N) is 1. The Morgan fingerprint density at radius 2 is 1.78 bits per heavy atom. The van der Waals surface area contributed by atoms with Crippen LogP contribution >= 0.6 is 34.2 Å². The molecule has 0 aromatic heterocycles. The molecule has 0 unspecified atom stereocenters. The second-order valence-corrected chi connectivity index (χ2v) is 11.0. The number of benzene rings is 3. The van der Waals surface area contributed by atoms with E-state index in [1.807, 2.05) is 30.3 Å². The molecular weight excluding hydrogens is 561 g/mol. The number of halogens is 2. The van der Waals surface area contributed by atoms with Gasteiger partial charge in [0, 0.05) is 26.9 Å². The molecule has 1 aliphatic rings. The summed E-state index contributed by atoms with van der Waals surface area (Å²) in [7, 11) is -1.86. The second kappa shape index (κ2) is 8.76. The monoisotopic (exact) mass is 579 g/mol. The van der Waals surface area contributed by atoms with Crippen molar-refractivity contribution in [3.8, 4) is 0 Å². The number of carbonyl (C=O) groups excluding carboxylic acids is 1. The van der Waals surface area contributed by atoms with E-state index in [1.54, 1.807) is 36.4 Å². The molecule has 0 radical (unpaired) electrons. The summed E-state index contributed by atoms with van der Waals surface area (Å²) in [5, 5.41) is 6.79. The average molecular weight is 580 g/mol. The van der Waals surface area contributed by atoms with Crippen molar-refractivity contribution >= 4 is 78.5 Å². The lowest BCUT2D eigenvalue weighted by atomic mass is 10.00. The largest absolute Gasteiger partial charge is 0.354 e.